The van der Waals surface area contributed by atoms with Crippen LogP contribution < -0.4 is 9.64 Å². The van der Waals surface area contributed by atoms with Crippen LogP contribution in [0.1, 0.15) is 20.7 Å². The summed E-state index contributed by atoms with van der Waals surface area (Å²) in [6.45, 7) is 0. The maximum Gasteiger partial charge on any atom is 0.266 e. The van der Waals surface area contributed by atoms with E-state index in [-0.39, 0.29) is 11.8 Å². The van der Waals surface area contributed by atoms with E-state index in [9.17, 15) is 9.59 Å². The third kappa shape index (κ3) is 2.05. The van der Waals surface area contributed by atoms with E-state index >= 15 is 0 Å². The number of amides is 2. The molecule has 2 amide bonds. The first-order chi connectivity index (χ1) is 11.6. The summed E-state index contributed by atoms with van der Waals surface area (Å²) in [7, 11) is 1.51. The fourth-order valence-electron chi connectivity index (χ4n) is 3.09. The second-order valence-corrected chi connectivity index (χ2v) is 6.39. The molecule has 0 spiro atoms. The summed E-state index contributed by atoms with van der Waals surface area (Å²) in [5.41, 5.74) is 1.46. The zero-order chi connectivity index (χ0) is 16.8. The van der Waals surface area contributed by atoms with Crippen molar-refractivity contribution in [3.05, 3.63) is 70.2 Å². The minimum Gasteiger partial charge on any atom is -0.495 e. The van der Waals surface area contributed by atoms with Crippen LogP contribution in [0.5, 0.6) is 5.75 Å². The molecule has 3 aromatic carbocycles. The van der Waals surface area contributed by atoms with Gasteiger partial charge in [-0.3, -0.25) is 9.59 Å². The quantitative estimate of drug-likeness (QED) is 0.617. The molecule has 1 heterocycles. The molecule has 0 atom stereocenters. The summed E-state index contributed by atoms with van der Waals surface area (Å²) in [5, 5.41) is 1.59. The normalized spacial score (nSPS) is 13.5. The second-order valence-electron chi connectivity index (χ2n) is 5.47. The van der Waals surface area contributed by atoms with Crippen molar-refractivity contribution < 1.29 is 14.3 Å². The number of ether oxygens (including phenoxy) is 1. The Kier molecular flexibility index (Phi) is 3.39. The van der Waals surface area contributed by atoms with Crippen molar-refractivity contribution in [2.45, 2.75) is 0 Å². The molecule has 24 heavy (non-hydrogen) atoms. The van der Waals surface area contributed by atoms with E-state index < -0.39 is 0 Å². The van der Waals surface area contributed by atoms with Crippen molar-refractivity contribution in [2.75, 3.05) is 12.0 Å². The summed E-state index contributed by atoms with van der Waals surface area (Å²) < 4.78 is 6.10. The number of carbonyl (C=O) groups is 2. The second kappa shape index (κ2) is 5.46. The Hall–Kier alpha value is -2.66. The van der Waals surface area contributed by atoms with Crippen molar-refractivity contribution in [1.29, 1.82) is 0 Å². The number of rotatable bonds is 2. The minimum atomic E-state index is -0.347. The first kappa shape index (κ1) is 14.9. The minimum absolute atomic E-state index is 0.347. The van der Waals surface area contributed by atoms with Gasteiger partial charge in [-0.25, -0.2) is 4.90 Å². The Morgan fingerprint density at radius 3 is 2.12 bits per heavy atom. The monoisotopic (exact) mass is 381 g/mol. The van der Waals surface area contributed by atoms with Gasteiger partial charge in [0.25, 0.3) is 11.8 Å². The van der Waals surface area contributed by atoms with Gasteiger partial charge in [0.15, 0.2) is 0 Å². The lowest BCUT2D eigenvalue weighted by molar-refractivity contribution is 0.0892. The fourth-order valence-corrected chi connectivity index (χ4v) is 3.44. The predicted molar refractivity (Wildman–Crippen MR) is 95.8 cm³/mol. The molecule has 0 bridgehead atoms. The first-order valence-corrected chi connectivity index (χ1v) is 8.15. The molecule has 0 aromatic heterocycles. The van der Waals surface area contributed by atoms with Crippen LogP contribution in [-0.4, -0.2) is 18.9 Å². The van der Waals surface area contributed by atoms with Crippen LogP contribution in [0.4, 0.5) is 5.69 Å². The molecule has 0 radical (unpaired) electrons. The molecular formula is C19H12BrNO3. The first-order valence-electron chi connectivity index (χ1n) is 7.36. The molecular weight excluding hydrogens is 370 g/mol. The Morgan fingerprint density at radius 2 is 1.54 bits per heavy atom. The number of methoxy groups -OCH3 is 1. The maximum absolute atomic E-state index is 13.0. The van der Waals surface area contributed by atoms with Crippen LogP contribution in [0, 0.1) is 0 Å². The number of nitrogens with zero attached hydrogens (tertiary/aromatic N) is 1. The highest BCUT2D eigenvalue weighted by molar-refractivity contribution is 9.10. The third-order valence-electron chi connectivity index (χ3n) is 4.15. The molecule has 0 fully saturated rings. The molecule has 4 nitrogen and oxygen atoms in total. The Labute approximate surface area is 146 Å². The van der Waals surface area contributed by atoms with Crippen LogP contribution in [-0.2, 0) is 0 Å². The van der Waals surface area contributed by atoms with Crippen molar-refractivity contribution in [1.82, 2.24) is 0 Å². The Bertz CT molecular complexity index is 962. The summed E-state index contributed by atoms with van der Waals surface area (Å²) in [4.78, 5) is 27.2. The molecule has 4 rings (SSSR count). The molecule has 0 saturated heterocycles. The average molecular weight is 382 g/mol. The Morgan fingerprint density at radius 1 is 0.917 bits per heavy atom. The van der Waals surface area contributed by atoms with Gasteiger partial charge in [-0.1, -0.05) is 40.2 Å². The maximum atomic E-state index is 13.0. The van der Waals surface area contributed by atoms with Crippen LogP contribution >= 0.6 is 15.9 Å². The fraction of sp³-hybridized carbons (Fsp3) is 0.0526. The van der Waals surface area contributed by atoms with Gasteiger partial charge in [0.05, 0.1) is 12.8 Å². The molecule has 0 saturated carbocycles. The number of anilines is 1. The van der Waals surface area contributed by atoms with E-state index in [4.69, 9.17) is 4.74 Å². The van der Waals surface area contributed by atoms with Gasteiger partial charge in [0, 0.05) is 21.0 Å². The summed E-state index contributed by atoms with van der Waals surface area (Å²) >= 11 is 3.39. The number of imide groups is 1. The molecule has 5 heteroatoms. The van der Waals surface area contributed by atoms with E-state index in [2.05, 4.69) is 15.9 Å². The molecule has 0 unspecified atom stereocenters. The third-order valence-corrected chi connectivity index (χ3v) is 4.65. The lowest BCUT2D eigenvalue weighted by atomic mass is 9.93. The van der Waals surface area contributed by atoms with Gasteiger partial charge in [0.2, 0.25) is 0 Å². The number of hydrogen-bond donors (Lipinski definition) is 0. The number of carbonyl (C=O) groups excluding carboxylic acids is 2. The lowest BCUT2D eigenvalue weighted by Gasteiger charge is -2.28. The van der Waals surface area contributed by atoms with E-state index in [1.165, 1.54) is 12.0 Å². The zero-order valence-corrected chi connectivity index (χ0v) is 14.3. The molecule has 1 aliphatic rings. The standard InChI is InChI=1S/C19H12BrNO3/c1-24-16-9-8-12(20)10-15(16)21-18(22)13-6-2-4-11-5-3-7-14(17(11)13)19(21)23/h2-10H,1H3. The van der Waals surface area contributed by atoms with Crippen LogP contribution in [0.3, 0.4) is 0 Å². The van der Waals surface area contributed by atoms with E-state index in [1.807, 2.05) is 24.3 Å². The molecule has 118 valence electrons. The highest BCUT2D eigenvalue weighted by atomic mass is 79.9. The summed E-state index contributed by atoms with van der Waals surface area (Å²) in [6.07, 6.45) is 0. The SMILES string of the molecule is COc1ccc(Br)cc1N1C(=O)c2cccc3cccc(c23)C1=O. The predicted octanol–water partition coefficient (Wildman–Crippen LogP) is 4.41. The van der Waals surface area contributed by atoms with Crippen molar-refractivity contribution in [3.8, 4) is 5.75 Å². The van der Waals surface area contributed by atoms with Crippen molar-refractivity contribution in [3.63, 3.8) is 0 Å². The number of benzene rings is 3. The topological polar surface area (TPSA) is 46.6 Å². The number of hydrogen-bond acceptors (Lipinski definition) is 3. The zero-order valence-electron chi connectivity index (χ0n) is 12.7. The van der Waals surface area contributed by atoms with Gasteiger partial charge in [-0.15, -0.1) is 0 Å². The highest BCUT2D eigenvalue weighted by Crippen LogP contribution is 2.37. The Balaban J connectivity index is 2.00. The molecule has 0 aliphatic carbocycles. The molecule has 1 aliphatic heterocycles. The van der Waals surface area contributed by atoms with Crippen LogP contribution in [0.25, 0.3) is 10.8 Å². The van der Waals surface area contributed by atoms with E-state index in [0.717, 1.165) is 9.86 Å². The van der Waals surface area contributed by atoms with Gasteiger partial charge >= 0.3 is 0 Å². The van der Waals surface area contributed by atoms with E-state index in [1.54, 1.807) is 30.3 Å². The van der Waals surface area contributed by atoms with Gasteiger partial charge < -0.3 is 4.74 Å². The summed E-state index contributed by atoms with van der Waals surface area (Å²) in [5.74, 6) is -0.229. The van der Waals surface area contributed by atoms with Gasteiger partial charge in [-0.2, -0.15) is 0 Å². The van der Waals surface area contributed by atoms with Gasteiger partial charge in [0.1, 0.15) is 5.75 Å². The van der Waals surface area contributed by atoms with Crippen LogP contribution in [0.15, 0.2) is 59.1 Å². The van der Waals surface area contributed by atoms with Crippen LogP contribution in [0.2, 0.25) is 0 Å². The lowest BCUT2D eigenvalue weighted by Crippen LogP contribution is -2.40. The van der Waals surface area contributed by atoms with Crippen molar-refractivity contribution in [2.24, 2.45) is 0 Å². The highest BCUT2D eigenvalue weighted by Gasteiger charge is 2.35. The summed E-state index contributed by atoms with van der Waals surface area (Å²) in [6, 6.07) is 16.2. The number of halogens is 1. The van der Waals surface area contributed by atoms with Crippen molar-refractivity contribution >= 4 is 44.2 Å². The average Bonchev–Trinajstić information content (AvgIpc) is 2.60. The molecule has 0 N–H and O–H groups in total. The molecule has 3 aromatic rings. The largest absolute Gasteiger partial charge is 0.495 e. The van der Waals surface area contributed by atoms with Gasteiger partial charge in [-0.05, 0) is 35.7 Å². The van der Waals surface area contributed by atoms with E-state index in [0.29, 0.717) is 28.0 Å². The smallest absolute Gasteiger partial charge is 0.266 e.